The zero-order valence-corrected chi connectivity index (χ0v) is 9.05. The second kappa shape index (κ2) is 4.63. The lowest BCUT2D eigenvalue weighted by atomic mass is 10.1. The van der Waals surface area contributed by atoms with Crippen LogP contribution in [0, 0.1) is 0 Å². The minimum absolute atomic E-state index is 0.398. The monoisotopic (exact) mass is 262 g/mol. The summed E-state index contributed by atoms with van der Waals surface area (Å²) in [6, 6.07) is 7.22. The topological polar surface area (TPSA) is 37.3 Å². The van der Waals surface area contributed by atoms with Crippen LogP contribution in [0.25, 0.3) is 0 Å². The van der Waals surface area contributed by atoms with Gasteiger partial charge in [-0.15, -0.1) is 0 Å². The molecule has 70 valence electrons. The van der Waals surface area contributed by atoms with Crippen LogP contribution in [-0.2, 0) is 11.2 Å². The molecular formula is C9H8BrClO2. The Balaban J connectivity index is 2.74. The molecule has 0 radical (unpaired) electrons. The Labute approximate surface area is 89.7 Å². The number of alkyl halides is 1. The Bertz CT molecular complexity index is 314. The van der Waals surface area contributed by atoms with Gasteiger partial charge in [-0.2, -0.15) is 0 Å². The molecule has 1 N–H and O–H groups in total. The molecule has 0 spiro atoms. The summed E-state index contributed by atoms with van der Waals surface area (Å²) >= 11 is 8.91. The maximum atomic E-state index is 10.5. The molecule has 2 nitrogen and oxygen atoms in total. The Morgan fingerprint density at radius 1 is 1.54 bits per heavy atom. The fraction of sp³-hybridized carbons (Fsp3) is 0.222. The third kappa shape index (κ3) is 3.01. The van der Waals surface area contributed by atoms with Crippen molar-refractivity contribution < 1.29 is 9.90 Å². The van der Waals surface area contributed by atoms with Crippen molar-refractivity contribution in [3.05, 3.63) is 34.9 Å². The largest absolute Gasteiger partial charge is 0.480 e. The number of halogens is 2. The number of carboxylic acid groups (broad SMARTS) is 1. The Hall–Kier alpha value is -0.540. The van der Waals surface area contributed by atoms with Crippen molar-refractivity contribution in [3.63, 3.8) is 0 Å². The van der Waals surface area contributed by atoms with Crippen LogP contribution in [0.1, 0.15) is 5.56 Å². The van der Waals surface area contributed by atoms with E-state index in [0.29, 0.717) is 11.4 Å². The van der Waals surface area contributed by atoms with Gasteiger partial charge in [0.15, 0.2) is 0 Å². The molecule has 0 unspecified atom stereocenters. The van der Waals surface area contributed by atoms with E-state index in [2.05, 4.69) is 15.9 Å². The second-order valence-electron chi connectivity index (χ2n) is 2.60. The van der Waals surface area contributed by atoms with Crippen LogP contribution < -0.4 is 0 Å². The molecule has 0 bridgehead atoms. The summed E-state index contributed by atoms with van der Waals surface area (Å²) in [7, 11) is 0. The van der Waals surface area contributed by atoms with Crippen molar-refractivity contribution in [2.75, 3.05) is 0 Å². The molecule has 0 aliphatic heterocycles. The second-order valence-corrected chi connectivity index (χ2v) is 4.11. The van der Waals surface area contributed by atoms with Crippen molar-refractivity contribution in [2.45, 2.75) is 11.2 Å². The molecule has 0 amide bonds. The van der Waals surface area contributed by atoms with Crippen molar-refractivity contribution in [1.29, 1.82) is 0 Å². The van der Waals surface area contributed by atoms with Crippen molar-refractivity contribution in [2.24, 2.45) is 0 Å². The fourth-order valence-electron chi connectivity index (χ4n) is 0.944. The molecule has 13 heavy (non-hydrogen) atoms. The average Bonchev–Trinajstić information content (AvgIpc) is 2.08. The maximum absolute atomic E-state index is 10.5. The zero-order valence-electron chi connectivity index (χ0n) is 6.71. The minimum atomic E-state index is -0.875. The highest BCUT2D eigenvalue weighted by Crippen LogP contribution is 2.19. The van der Waals surface area contributed by atoms with Gasteiger partial charge in [-0.1, -0.05) is 45.7 Å². The molecule has 0 aromatic heterocycles. The predicted molar refractivity (Wildman–Crippen MR) is 55.5 cm³/mol. The van der Waals surface area contributed by atoms with E-state index < -0.39 is 10.8 Å². The lowest BCUT2D eigenvalue weighted by molar-refractivity contribution is -0.136. The number of carboxylic acids is 1. The van der Waals surface area contributed by atoms with E-state index in [0.717, 1.165) is 5.56 Å². The summed E-state index contributed by atoms with van der Waals surface area (Å²) in [5, 5.41) is 9.25. The smallest absolute Gasteiger partial charge is 0.317 e. The summed E-state index contributed by atoms with van der Waals surface area (Å²) in [5.41, 5.74) is 0.841. The lowest BCUT2D eigenvalue weighted by Gasteiger charge is -2.05. The Morgan fingerprint density at radius 2 is 2.15 bits per heavy atom. The van der Waals surface area contributed by atoms with Gasteiger partial charge in [0.25, 0.3) is 0 Å². The number of benzene rings is 1. The van der Waals surface area contributed by atoms with Gasteiger partial charge in [0.2, 0.25) is 0 Å². The van der Waals surface area contributed by atoms with E-state index in [9.17, 15) is 4.79 Å². The van der Waals surface area contributed by atoms with Crippen LogP contribution in [0.2, 0.25) is 5.02 Å². The molecule has 0 saturated heterocycles. The number of carbonyl (C=O) groups is 1. The molecule has 0 aliphatic rings. The highest BCUT2D eigenvalue weighted by Gasteiger charge is 2.14. The summed E-state index contributed by atoms with van der Waals surface area (Å²) < 4.78 is 0. The minimum Gasteiger partial charge on any atom is -0.480 e. The molecule has 0 saturated carbocycles. The highest BCUT2D eigenvalue weighted by molar-refractivity contribution is 9.10. The highest BCUT2D eigenvalue weighted by atomic mass is 79.9. The number of rotatable bonds is 3. The molecule has 1 rings (SSSR count). The van der Waals surface area contributed by atoms with Crippen LogP contribution in [0.15, 0.2) is 24.3 Å². The average molecular weight is 264 g/mol. The number of hydrogen-bond acceptors (Lipinski definition) is 1. The quantitative estimate of drug-likeness (QED) is 0.852. The number of hydrogen-bond donors (Lipinski definition) is 1. The first-order chi connectivity index (χ1) is 6.11. The maximum Gasteiger partial charge on any atom is 0.317 e. The van der Waals surface area contributed by atoms with E-state index >= 15 is 0 Å². The van der Waals surface area contributed by atoms with Gasteiger partial charge in [-0.05, 0) is 18.1 Å². The summed E-state index contributed by atoms with van der Waals surface area (Å²) in [4.78, 5) is 9.95. The SMILES string of the molecule is O=C(O)[C@@H](Br)Cc1ccccc1Cl. The Kier molecular flexibility index (Phi) is 3.75. The van der Waals surface area contributed by atoms with Crippen LogP contribution in [0.4, 0.5) is 0 Å². The van der Waals surface area contributed by atoms with E-state index in [4.69, 9.17) is 16.7 Å². The van der Waals surface area contributed by atoms with Gasteiger partial charge in [-0.3, -0.25) is 4.79 Å². The molecule has 0 heterocycles. The van der Waals surface area contributed by atoms with Crippen LogP contribution in [-0.4, -0.2) is 15.9 Å². The molecule has 4 heteroatoms. The van der Waals surface area contributed by atoms with E-state index in [1.807, 2.05) is 18.2 Å². The summed E-state index contributed by atoms with van der Waals surface area (Å²) in [6.45, 7) is 0. The lowest BCUT2D eigenvalue weighted by Crippen LogP contribution is -2.15. The molecule has 1 aromatic rings. The van der Waals surface area contributed by atoms with Crippen molar-refractivity contribution in [3.8, 4) is 0 Å². The van der Waals surface area contributed by atoms with Crippen LogP contribution in [0.5, 0.6) is 0 Å². The van der Waals surface area contributed by atoms with Gasteiger partial charge >= 0.3 is 5.97 Å². The van der Waals surface area contributed by atoms with E-state index in [1.54, 1.807) is 6.07 Å². The molecule has 0 fully saturated rings. The van der Waals surface area contributed by atoms with Crippen LogP contribution in [0.3, 0.4) is 0 Å². The van der Waals surface area contributed by atoms with E-state index in [1.165, 1.54) is 0 Å². The van der Waals surface area contributed by atoms with Gasteiger partial charge in [0, 0.05) is 5.02 Å². The third-order valence-corrected chi connectivity index (χ3v) is 2.71. The third-order valence-electron chi connectivity index (χ3n) is 1.62. The van der Waals surface area contributed by atoms with Crippen molar-refractivity contribution in [1.82, 2.24) is 0 Å². The van der Waals surface area contributed by atoms with Crippen LogP contribution >= 0.6 is 27.5 Å². The normalized spacial score (nSPS) is 12.5. The summed E-state index contributed by atoms with van der Waals surface area (Å²) in [6.07, 6.45) is 0.398. The predicted octanol–water partition coefficient (Wildman–Crippen LogP) is 2.73. The van der Waals surface area contributed by atoms with Gasteiger partial charge in [0.1, 0.15) is 4.83 Å². The van der Waals surface area contributed by atoms with Gasteiger partial charge < -0.3 is 5.11 Å². The molecule has 0 aliphatic carbocycles. The van der Waals surface area contributed by atoms with Crippen molar-refractivity contribution >= 4 is 33.5 Å². The first-order valence-electron chi connectivity index (χ1n) is 3.71. The van der Waals surface area contributed by atoms with E-state index in [-0.39, 0.29) is 0 Å². The molecule has 1 atom stereocenters. The number of aliphatic carboxylic acids is 1. The van der Waals surface area contributed by atoms with Gasteiger partial charge in [0.05, 0.1) is 0 Å². The fourth-order valence-corrected chi connectivity index (χ4v) is 1.51. The first kappa shape index (κ1) is 10.5. The Morgan fingerprint density at radius 3 is 2.69 bits per heavy atom. The zero-order chi connectivity index (χ0) is 9.84. The summed E-state index contributed by atoms with van der Waals surface area (Å²) in [5.74, 6) is -0.875. The molecular weight excluding hydrogens is 255 g/mol. The first-order valence-corrected chi connectivity index (χ1v) is 5.01. The molecule has 1 aromatic carbocycles. The standard InChI is InChI=1S/C9H8BrClO2/c10-7(9(12)13)5-6-3-1-2-4-8(6)11/h1-4,7H,5H2,(H,12,13)/t7-/m0/s1. The van der Waals surface area contributed by atoms with Gasteiger partial charge in [-0.25, -0.2) is 0 Å².